The van der Waals surface area contributed by atoms with E-state index in [1.54, 1.807) is 0 Å². The maximum absolute atomic E-state index is 5.47. The molecule has 1 saturated carbocycles. The first-order chi connectivity index (χ1) is 8.49. The van der Waals surface area contributed by atoms with Crippen LogP contribution in [0.3, 0.4) is 0 Å². The number of aryl methyl sites for hydroxylation is 1. The van der Waals surface area contributed by atoms with E-state index in [1.807, 2.05) is 0 Å². The zero-order valence-corrected chi connectivity index (χ0v) is 12.7. The molecule has 1 aliphatic carbocycles. The molecule has 0 aromatic carbocycles. The molecule has 3 heteroatoms. The number of rotatable bonds is 2. The van der Waals surface area contributed by atoms with Gasteiger partial charge >= 0.3 is 0 Å². The average molecular weight is 264 g/mol. The van der Waals surface area contributed by atoms with Crippen molar-refractivity contribution in [2.75, 3.05) is 0 Å². The van der Waals surface area contributed by atoms with Crippen molar-refractivity contribution in [1.82, 2.24) is 9.97 Å². The molecule has 0 saturated heterocycles. The summed E-state index contributed by atoms with van der Waals surface area (Å²) in [5.74, 6) is 2.96. The van der Waals surface area contributed by atoms with Crippen LogP contribution in [0.5, 0.6) is 0 Å². The molecule has 2 unspecified atom stereocenters. The van der Waals surface area contributed by atoms with Crippen molar-refractivity contribution in [1.29, 1.82) is 0 Å². The Morgan fingerprint density at radius 3 is 2.61 bits per heavy atom. The lowest BCUT2D eigenvalue weighted by atomic mass is 9.82. The third-order valence-electron chi connectivity index (χ3n) is 4.07. The molecule has 1 aliphatic rings. The van der Waals surface area contributed by atoms with Gasteiger partial charge in [0.05, 0.1) is 0 Å². The minimum absolute atomic E-state index is 0.445. The predicted octanol–water partition coefficient (Wildman–Crippen LogP) is 4.86. The summed E-state index contributed by atoms with van der Waals surface area (Å²) in [4.78, 5) is 8.18. The molecular formula is C15H24N2S. The van der Waals surface area contributed by atoms with Crippen molar-refractivity contribution in [2.45, 2.75) is 65.2 Å². The Morgan fingerprint density at radius 2 is 2.06 bits per heavy atom. The molecule has 2 nitrogen and oxygen atoms in total. The van der Waals surface area contributed by atoms with Gasteiger partial charge in [-0.2, -0.15) is 0 Å². The van der Waals surface area contributed by atoms with E-state index in [0.717, 1.165) is 16.4 Å². The van der Waals surface area contributed by atoms with Crippen molar-refractivity contribution in [3.8, 4) is 0 Å². The maximum atomic E-state index is 5.47. The standard InChI is InChI=1S/C15H24N2S/c1-9(2)13-11(4)16-14(17-15(13)18)12-7-5-6-10(3)8-12/h9-10,12H,5-8H2,1-4H3,(H,16,17,18). The Balaban J connectivity index is 2.33. The SMILES string of the molecule is Cc1[nH]c(C2CCCC(C)C2)nc(=S)c1C(C)C. The summed E-state index contributed by atoms with van der Waals surface area (Å²) in [5, 5.41) is 0. The lowest BCUT2D eigenvalue weighted by Gasteiger charge is -2.26. The van der Waals surface area contributed by atoms with Crippen molar-refractivity contribution in [2.24, 2.45) is 5.92 Å². The van der Waals surface area contributed by atoms with E-state index in [-0.39, 0.29) is 0 Å². The van der Waals surface area contributed by atoms with E-state index in [1.165, 1.54) is 36.9 Å². The zero-order chi connectivity index (χ0) is 13.3. The fourth-order valence-electron chi connectivity index (χ4n) is 3.17. The number of hydrogen-bond donors (Lipinski definition) is 1. The van der Waals surface area contributed by atoms with Crippen LogP contribution in [0.4, 0.5) is 0 Å². The molecule has 1 heterocycles. The Morgan fingerprint density at radius 1 is 1.33 bits per heavy atom. The molecule has 2 atom stereocenters. The van der Waals surface area contributed by atoms with Gasteiger partial charge in [0, 0.05) is 17.2 Å². The number of hydrogen-bond acceptors (Lipinski definition) is 2. The first-order valence-electron chi connectivity index (χ1n) is 7.09. The van der Waals surface area contributed by atoms with Crippen LogP contribution in [-0.4, -0.2) is 9.97 Å². The molecule has 0 spiro atoms. The number of aromatic amines is 1. The van der Waals surface area contributed by atoms with Gasteiger partial charge in [-0.15, -0.1) is 0 Å². The largest absolute Gasteiger partial charge is 0.347 e. The lowest BCUT2D eigenvalue weighted by Crippen LogP contribution is -2.16. The molecule has 1 aromatic heterocycles. The van der Waals surface area contributed by atoms with Crippen LogP contribution in [0.2, 0.25) is 0 Å². The molecule has 0 amide bonds. The molecule has 0 bridgehead atoms. The molecule has 1 N–H and O–H groups in total. The predicted molar refractivity (Wildman–Crippen MR) is 78.6 cm³/mol. The number of nitrogens with zero attached hydrogens (tertiary/aromatic N) is 1. The summed E-state index contributed by atoms with van der Waals surface area (Å²) in [7, 11) is 0. The zero-order valence-electron chi connectivity index (χ0n) is 11.9. The average Bonchev–Trinajstić information content (AvgIpc) is 2.27. The quantitative estimate of drug-likeness (QED) is 0.772. The van der Waals surface area contributed by atoms with Gasteiger partial charge in [0.2, 0.25) is 0 Å². The van der Waals surface area contributed by atoms with Gasteiger partial charge < -0.3 is 4.98 Å². The fourth-order valence-corrected chi connectivity index (χ4v) is 3.66. The van der Waals surface area contributed by atoms with E-state index in [2.05, 4.69) is 37.7 Å². The summed E-state index contributed by atoms with van der Waals surface area (Å²) < 4.78 is 0.800. The minimum atomic E-state index is 0.445. The normalized spacial score (nSPS) is 24.5. The first-order valence-corrected chi connectivity index (χ1v) is 7.50. The summed E-state index contributed by atoms with van der Waals surface area (Å²) in [5.41, 5.74) is 2.41. The molecular weight excluding hydrogens is 240 g/mol. The van der Waals surface area contributed by atoms with Crippen molar-refractivity contribution < 1.29 is 0 Å². The van der Waals surface area contributed by atoms with E-state index >= 15 is 0 Å². The van der Waals surface area contributed by atoms with Gasteiger partial charge in [-0.3, -0.25) is 0 Å². The Bertz CT molecular complexity index is 476. The second kappa shape index (κ2) is 5.52. The molecule has 18 heavy (non-hydrogen) atoms. The van der Waals surface area contributed by atoms with Crippen LogP contribution >= 0.6 is 12.2 Å². The number of nitrogens with one attached hydrogen (secondary N) is 1. The molecule has 1 aromatic rings. The highest BCUT2D eigenvalue weighted by atomic mass is 32.1. The number of aromatic nitrogens is 2. The third kappa shape index (κ3) is 2.82. The summed E-state index contributed by atoms with van der Waals surface area (Å²) in [6.07, 6.45) is 5.18. The van der Waals surface area contributed by atoms with Gasteiger partial charge in [0.25, 0.3) is 0 Å². The third-order valence-corrected chi connectivity index (χ3v) is 4.38. The van der Waals surface area contributed by atoms with Gasteiger partial charge in [0.15, 0.2) is 0 Å². The number of H-pyrrole nitrogens is 1. The van der Waals surface area contributed by atoms with E-state index in [9.17, 15) is 0 Å². The van der Waals surface area contributed by atoms with E-state index < -0.39 is 0 Å². The van der Waals surface area contributed by atoms with Crippen molar-refractivity contribution in [3.05, 3.63) is 21.7 Å². The van der Waals surface area contributed by atoms with Crippen molar-refractivity contribution >= 4 is 12.2 Å². The van der Waals surface area contributed by atoms with Gasteiger partial charge in [-0.1, -0.05) is 45.8 Å². The molecule has 100 valence electrons. The Kier molecular flexibility index (Phi) is 4.21. The van der Waals surface area contributed by atoms with E-state index in [0.29, 0.717) is 11.8 Å². The maximum Gasteiger partial charge on any atom is 0.133 e. The molecule has 0 aliphatic heterocycles. The van der Waals surface area contributed by atoms with Gasteiger partial charge in [-0.25, -0.2) is 4.98 Å². The highest BCUT2D eigenvalue weighted by Crippen LogP contribution is 2.34. The van der Waals surface area contributed by atoms with Gasteiger partial charge in [0.1, 0.15) is 10.5 Å². The van der Waals surface area contributed by atoms with Crippen LogP contribution in [0.1, 0.15) is 75.4 Å². The topological polar surface area (TPSA) is 28.7 Å². The first kappa shape index (κ1) is 13.7. The summed E-state index contributed by atoms with van der Waals surface area (Å²) in [6.45, 7) is 8.82. The fraction of sp³-hybridized carbons (Fsp3) is 0.733. The molecule has 0 radical (unpaired) electrons. The van der Waals surface area contributed by atoms with Crippen LogP contribution < -0.4 is 0 Å². The second-order valence-corrected chi connectivity index (χ2v) is 6.48. The molecule has 1 fully saturated rings. The van der Waals surface area contributed by atoms with Crippen LogP contribution in [0.25, 0.3) is 0 Å². The lowest BCUT2D eigenvalue weighted by molar-refractivity contribution is 0.334. The smallest absolute Gasteiger partial charge is 0.133 e. The Labute approximate surface area is 115 Å². The minimum Gasteiger partial charge on any atom is -0.347 e. The van der Waals surface area contributed by atoms with Crippen molar-refractivity contribution in [3.63, 3.8) is 0 Å². The van der Waals surface area contributed by atoms with Crippen LogP contribution in [0.15, 0.2) is 0 Å². The van der Waals surface area contributed by atoms with Crippen LogP contribution in [0, 0.1) is 17.5 Å². The molecule has 2 rings (SSSR count). The highest BCUT2D eigenvalue weighted by molar-refractivity contribution is 7.71. The monoisotopic (exact) mass is 264 g/mol. The summed E-state index contributed by atoms with van der Waals surface area (Å²) in [6, 6.07) is 0. The Hall–Kier alpha value is -0.700. The highest BCUT2D eigenvalue weighted by Gasteiger charge is 2.23. The van der Waals surface area contributed by atoms with Gasteiger partial charge in [-0.05, 0) is 31.6 Å². The van der Waals surface area contributed by atoms with E-state index in [4.69, 9.17) is 12.2 Å². The second-order valence-electron chi connectivity index (χ2n) is 6.09. The van der Waals surface area contributed by atoms with Crippen LogP contribution in [-0.2, 0) is 0 Å². The summed E-state index contributed by atoms with van der Waals surface area (Å²) >= 11 is 5.47.